The largest absolute Gasteiger partial charge is 0.566 e. The minimum atomic E-state index is -0.820. The highest BCUT2D eigenvalue weighted by atomic mass is 16.6. The number of rotatable bonds is 5. The number of hydrogen-bond acceptors (Lipinski definition) is 7. The van der Waals surface area contributed by atoms with Gasteiger partial charge in [0, 0.05) is 17.9 Å². The second kappa shape index (κ2) is 8.13. The van der Waals surface area contributed by atoms with Gasteiger partial charge in [0.25, 0.3) is 6.20 Å². The van der Waals surface area contributed by atoms with E-state index >= 15 is 0 Å². The Morgan fingerprint density at radius 2 is 1.89 bits per heavy atom. The van der Waals surface area contributed by atoms with Crippen molar-refractivity contribution in [2.45, 2.75) is 13.8 Å². The Morgan fingerprint density at radius 3 is 2.56 bits per heavy atom. The molecule has 27 heavy (non-hydrogen) atoms. The van der Waals surface area contributed by atoms with E-state index in [9.17, 15) is 9.90 Å². The number of ether oxygens (including phenoxy) is 2. The zero-order valence-corrected chi connectivity index (χ0v) is 14.8. The summed E-state index contributed by atoms with van der Waals surface area (Å²) in [5.41, 5.74) is 2.11. The lowest BCUT2D eigenvalue weighted by molar-refractivity contribution is -0.670. The van der Waals surface area contributed by atoms with Gasteiger partial charge in [-0.3, -0.25) is 4.52 Å². The molecule has 138 valence electrons. The van der Waals surface area contributed by atoms with E-state index in [4.69, 9.17) is 14.0 Å². The summed E-state index contributed by atoms with van der Waals surface area (Å²) in [6.07, 6.45) is 0.607. The lowest BCUT2D eigenvalue weighted by Gasteiger charge is -2.13. The molecule has 0 radical (unpaired) electrons. The highest BCUT2D eigenvalue weighted by Crippen LogP contribution is 2.13. The van der Waals surface area contributed by atoms with Crippen LogP contribution in [0, 0.1) is 6.92 Å². The molecule has 0 amide bonds. The lowest BCUT2D eigenvalue weighted by Crippen LogP contribution is -2.31. The normalized spacial score (nSPS) is 11.3. The fraction of sp³-hybridized carbons (Fsp3) is 0.158. The average Bonchev–Trinajstić information content (AvgIpc) is 3.12. The Labute approximate surface area is 155 Å². The minimum absolute atomic E-state index is 0.0124. The van der Waals surface area contributed by atoms with E-state index in [1.807, 2.05) is 19.1 Å². The number of benzene rings is 2. The molecule has 0 spiro atoms. The highest BCUT2D eigenvalue weighted by Gasteiger charge is 2.15. The molecule has 0 saturated heterocycles. The summed E-state index contributed by atoms with van der Waals surface area (Å²) in [7, 11) is 0. The maximum absolute atomic E-state index is 11.9. The summed E-state index contributed by atoms with van der Waals surface area (Å²) in [5, 5.41) is 15.6. The van der Waals surface area contributed by atoms with Crippen LogP contribution in [0.1, 0.15) is 22.8 Å². The first-order chi connectivity index (χ1) is 13.0. The van der Waals surface area contributed by atoms with Crippen molar-refractivity contribution in [3.05, 3.63) is 65.9 Å². The Hall–Kier alpha value is -3.68. The monoisotopic (exact) mass is 367 g/mol. The molecule has 0 aliphatic rings. The molecule has 8 nitrogen and oxygen atoms in total. The van der Waals surface area contributed by atoms with Gasteiger partial charge in [-0.25, -0.2) is 4.79 Å². The highest BCUT2D eigenvalue weighted by molar-refractivity contribution is 5.89. The van der Waals surface area contributed by atoms with Gasteiger partial charge in [0.1, 0.15) is 0 Å². The first kappa shape index (κ1) is 18.1. The molecule has 0 bridgehead atoms. The molecule has 0 N–H and O–H groups in total. The maximum Gasteiger partial charge on any atom is 0.338 e. The summed E-state index contributed by atoms with van der Waals surface area (Å²) in [6.45, 7) is 3.98. The van der Waals surface area contributed by atoms with Gasteiger partial charge in [-0.15, -0.1) is 0 Å². The topological polar surface area (TPSA) is 101 Å². The number of hydrogen-bond donors (Lipinski definition) is 0. The van der Waals surface area contributed by atoms with Crippen molar-refractivity contribution in [1.82, 2.24) is 5.27 Å². The predicted octanol–water partition coefficient (Wildman–Crippen LogP) is 1.86. The van der Waals surface area contributed by atoms with E-state index in [1.54, 1.807) is 43.3 Å². The van der Waals surface area contributed by atoms with Crippen molar-refractivity contribution < 1.29 is 28.6 Å². The Kier molecular flexibility index (Phi) is 5.46. The zero-order chi connectivity index (χ0) is 19.2. The molecule has 1 aromatic heterocycles. The van der Waals surface area contributed by atoms with Crippen molar-refractivity contribution in [2.24, 2.45) is 4.99 Å². The van der Waals surface area contributed by atoms with Crippen LogP contribution in [-0.4, -0.2) is 23.9 Å². The van der Waals surface area contributed by atoms with Crippen LogP contribution < -0.4 is 14.5 Å². The third-order valence-corrected chi connectivity index (χ3v) is 3.53. The van der Waals surface area contributed by atoms with Gasteiger partial charge in [-0.2, -0.15) is 4.99 Å². The van der Waals surface area contributed by atoms with Gasteiger partial charge in [-0.05, 0) is 42.8 Å². The molecule has 0 aliphatic heterocycles. The van der Waals surface area contributed by atoms with Crippen molar-refractivity contribution in [3.63, 3.8) is 0 Å². The van der Waals surface area contributed by atoms with Crippen LogP contribution in [0.4, 0.5) is 5.88 Å². The minimum Gasteiger partial charge on any atom is -0.566 e. The first-order valence-corrected chi connectivity index (χ1v) is 8.21. The maximum atomic E-state index is 11.9. The van der Waals surface area contributed by atoms with Crippen LogP contribution >= 0.6 is 0 Å². The summed E-state index contributed by atoms with van der Waals surface area (Å²) < 4.78 is 16.4. The predicted molar refractivity (Wildman–Crippen MR) is 92.9 cm³/mol. The van der Waals surface area contributed by atoms with Gasteiger partial charge in [0.2, 0.25) is 11.0 Å². The van der Waals surface area contributed by atoms with Crippen LogP contribution in [0.2, 0.25) is 0 Å². The quantitative estimate of drug-likeness (QED) is 0.295. The first-order valence-electron chi connectivity index (χ1n) is 8.21. The number of nitrogens with zero attached hydrogens (tertiary/aromatic N) is 3. The lowest BCUT2D eigenvalue weighted by atomic mass is 10.2. The number of aryl methyl sites for hydroxylation is 1. The number of carbonyl (C=O) groups excluding carboxylic acids is 1. The summed E-state index contributed by atoms with van der Waals surface area (Å²) >= 11 is 0. The van der Waals surface area contributed by atoms with E-state index in [0.29, 0.717) is 23.6 Å². The van der Waals surface area contributed by atoms with E-state index in [2.05, 4.69) is 10.3 Å². The Balaban J connectivity index is 1.70. The standard InChI is InChI=1S/C19H17N3O5/c1-3-25-18(23)14-6-8-15(9-7-14)22-12-17(27-21-22)20-19(24)26-16-10-4-13(2)5-11-16/h4-12H,3H2,1-2H3. The fourth-order valence-electron chi connectivity index (χ4n) is 2.19. The van der Waals surface area contributed by atoms with Crippen molar-refractivity contribution in [1.29, 1.82) is 0 Å². The molecular formula is C19H17N3O5. The summed E-state index contributed by atoms with van der Waals surface area (Å²) in [6, 6.07) is 13.6. The second-order valence-electron chi connectivity index (χ2n) is 5.55. The molecule has 1 heterocycles. The van der Waals surface area contributed by atoms with Crippen molar-refractivity contribution in [3.8, 4) is 11.4 Å². The van der Waals surface area contributed by atoms with Crippen molar-refractivity contribution in [2.75, 3.05) is 6.61 Å². The molecule has 8 heteroatoms. The van der Waals surface area contributed by atoms with E-state index in [-0.39, 0.29) is 5.88 Å². The van der Waals surface area contributed by atoms with Gasteiger partial charge in [0.15, 0.2) is 6.08 Å². The van der Waals surface area contributed by atoms with Crippen LogP contribution in [0.5, 0.6) is 5.75 Å². The fourth-order valence-corrected chi connectivity index (χ4v) is 2.19. The molecule has 0 atom stereocenters. The average molecular weight is 367 g/mol. The number of esters is 1. The molecule has 0 unspecified atom stereocenters. The second-order valence-corrected chi connectivity index (χ2v) is 5.55. The summed E-state index contributed by atoms with van der Waals surface area (Å²) in [4.78, 5) is 15.4. The van der Waals surface area contributed by atoms with Crippen LogP contribution in [0.3, 0.4) is 0 Å². The van der Waals surface area contributed by atoms with Gasteiger partial charge in [0.05, 0.1) is 12.2 Å². The number of aliphatic imine (C=N–C) groups is 1. The Bertz CT molecular complexity index is 946. The van der Waals surface area contributed by atoms with E-state index in [1.165, 1.54) is 10.9 Å². The van der Waals surface area contributed by atoms with Gasteiger partial charge < -0.3 is 14.6 Å². The van der Waals surface area contributed by atoms with E-state index in [0.717, 1.165) is 5.56 Å². The molecular weight excluding hydrogens is 350 g/mol. The Morgan fingerprint density at radius 1 is 1.19 bits per heavy atom. The summed E-state index contributed by atoms with van der Waals surface area (Å²) in [5.74, 6) is -0.0263. The number of aromatic nitrogens is 2. The third kappa shape index (κ3) is 4.69. The SMILES string of the molecule is CCOC(=O)c1ccc(-[n+]2cc(/N=C(\[O-])Oc3ccc(C)cc3)on2)cc1. The smallest absolute Gasteiger partial charge is 0.338 e. The van der Waals surface area contributed by atoms with Gasteiger partial charge >= 0.3 is 11.9 Å². The molecule has 0 fully saturated rings. The molecule has 0 saturated carbocycles. The molecule has 0 aliphatic carbocycles. The molecule has 3 rings (SSSR count). The zero-order valence-electron chi connectivity index (χ0n) is 14.8. The van der Waals surface area contributed by atoms with Crippen LogP contribution in [-0.2, 0) is 4.74 Å². The molecule has 2 aromatic carbocycles. The van der Waals surface area contributed by atoms with Crippen LogP contribution in [0.25, 0.3) is 5.69 Å². The number of carbonyl (C=O) groups is 1. The van der Waals surface area contributed by atoms with Crippen LogP contribution in [0.15, 0.2) is 64.2 Å². The van der Waals surface area contributed by atoms with E-state index < -0.39 is 12.1 Å². The van der Waals surface area contributed by atoms with Gasteiger partial charge in [-0.1, -0.05) is 17.7 Å². The third-order valence-electron chi connectivity index (χ3n) is 3.53. The molecule has 3 aromatic rings. The van der Waals surface area contributed by atoms with Crippen molar-refractivity contribution >= 4 is 17.9 Å².